The van der Waals surface area contributed by atoms with Crippen molar-refractivity contribution < 1.29 is 0 Å². The first-order valence-electron chi connectivity index (χ1n) is 2.01. The zero-order valence-electron chi connectivity index (χ0n) is 4.32. The molecular weight excluding hydrogens is 279 g/mol. The topological polar surface area (TPSA) is 0 Å². The second-order valence-electron chi connectivity index (χ2n) is 1.16. The van der Waals surface area contributed by atoms with Crippen molar-refractivity contribution in [1.82, 2.24) is 0 Å². The summed E-state index contributed by atoms with van der Waals surface area (Å²) in [6.45, 7) is 7.21. The van der Waals surface area contributed by atoms with E-state index in [0.717, 1.165) is 8.06 Å². The van der Waals surface area contributed by atoms with E-state index in [4.69, 9.17) is 0 Å². The van der Waals surface area contributed by atoms with Crippen LogP contribution in [0.1, 0.15) is 0 Å². The smallest absolute Gasteiger partial charge is 0.0266 e. The van der Waals surface area contributed by atoms with E-state index in [1.54, 1.807) is 6.08 Å². The van der Waals surface area contributed by atoms with Crippen molar-refractivity contribution in [1.29, 1.82) is 0 Å². The van der Waals surface area contributed by atoms with Crippen LogP contribution in [0.5, 0.6) is 0 Å². The Morgan fingerprint density at radius 3 is 2.25 bits per heavy atom. The minimum atomic E-state index is 0.901. The maximum atomic E-state index is 3.67. The zero-order valence-corrected chi connectivity index (χ0v) is 8.07. The van der Waals surface area contributed by atoms with Gasteiger partial charge in [-0.1, -0.05) is 35.2 Å². The molecule has 0 spiro atoms. The van der Waals surface area contributed by atoms with Crippen LogP contribution in [0.4, 0.5) is 0 Å². The molecule has 0 nitrogen and oxygen atoms in total. The van der Waals surface area contributed by atoms with Gasteiger partial charge >= 0.3 is 0 Å². The van der Waals surface area contributed by atoms with Crippen molar-refractivity contribution in [2.24, 2.45) is 0 Å². The summed E-state index contributed by atoms with van der Waals surface area (Å²) in [6, 6.07) is 0. The molecule has 0 heterocycles. The fourth-order valence-electron chi connectivity index (χ4n) is 0.194. The molecule has 0 fully saturated rings. The normalized spacial score (nSPS) is 11.0. The third-order valence-electron chi connectivity index (χ3n) is 0.523. The first kappa shape index (κ1) is 8.43. The number of hydrogen-bond donors (Lipinski definition) is 0. The Bertz CT molecular complexity index is 135. The first-order chi connectivity index (χ1) is 3.68. The van der Waals surface area contributed by atoms with E-state index in [9.17, 15) is 0 Å². The van der Waals surface area contributed by atoms with Crippen LogP contribution in [0.3, 0.4) is 0 Å². The Labute approximate surface area is 71.6 Å². The van der Waals surface area contributed by atoms with Crippen LogP contribution in [-0.2, 0) is 0 Å². The molecule has 0 radical (unpaired) electrons. The third-order valence-corrected chi connectivity index (χ3v) is 2.70. The van der Waals surface area contributed by atoms with Crippen LogP contribution in [0, 0.1) is 0 Å². The number of hydrogen-bond acceptors (Lipinski definition) is 0. The van der Waals surface area contributed by atoms with Crippen molar-refractivity contribution in [2.75, 3.05) is 0 Å². The molecule has 44 valence electrons. The maximum absolute atomic E-state index is 3.67. The fraction of sp³-hybridized carbons (Fsp3) is 0. The van der Waals surface area contributed by atoms with Gasteiger partial charge in [0.15, 0.2) is 0 Å². The van der Waals surface area contributed by atoms with Gasteiger partial charge < -0.3 is 0 Å². The Hall–Kier alpha value is 0.430. The minimum Gasteiger partial charge on any atom is -0.0990 e. The SMILES string of the molecule is C=C/C=C(/I)C(=C)Br. The monoisotopic (exact) mass is 284 g/mol. The first-order valence-corrected chi connectivity index (χ1v) is 3.88. The van der Waals surface area contributed by atoms with Gasteiger partial charge in [0.1, 0.15) is 0 Å². The lowest BCUT2D eigenvalue weighted by molar-refractivity contribution is 1.93. The Morgan fingerprint density at radius 1 is 1.62 bits per heavy atom. The van der Waals surface area contributed by atoms with Gasteiger partial charge in [0, 0.05) is 8.06 Å². The largest absolute Gasteiger partial charge is 0.0990 e. The van der Waals surface area contributed by atoms with Crippen molar-refractivity contribution in [3.8, 4) is 0 Å². The average Bonchev–Trinajstić information content (AvgIpc) is 1.67. The Balaban J connectivity index is 3.99. The molecule has 0 rings (SSSR count). The molecule has 0 aromatic carbocycles. The third kappa shape index (κ3) is 3.43. The highest BCUT2D eigenvalue weighted by molar-refractivity contribution is 14.1. The predicted octanol–water partition coefficient (Wildman–Crippen LogP) is 3.40. The minimum absolute atomic E-state index is 0.901. The van der Waals surface area contributed by atoms with Crippen LogP contribution in [-0.4, -0.2) is 0 Å². The summed E-state index contributed by atoms with van der Waals surface area (Å²) in [5, 5.41) is 0. The average molecular weight is 285 g/mol. The molecule has 0 N–H and O–H groups in total. The van der Waals surface area contributed by atoms with Gasteiger partial charge in [0.05, 0.1) is 0 Å². The van der Waals surface area contributed by atoms with Crippen LogP contribution >= 0.6 is 38.5 Å². The Morgan fingerprint density at radius 2 is 2.12 bits per heavy atom. The van der Waals surface area contributed by atoms with Gasteiger partial charge in [-0.2, -0.15) is 0 Å². The van der Waals surface area contributed by atoms with E-state index in [-0.39, 0.29) is 0 Å². The van der Waals surface area contributed by atoms with E-state index in [1.165, 1.54) is 0 Å². The lowest BCUT2D eigenvalue weighted by Crippen LogP contribution is -1.62. The molecule has 0 atom stereocenters. The quantitative estimate of drug-likeness (QED) is 0.539. The molecule has 0 saturated carbocycles. The highest BCUT2D eigenvalue weighted by Crippen LogP contribution is 2.20. The van der Waals surface area contributed by atoms with Crippen LogP contribution in [0.25, 0.3) is 0 Å². The van der Waals surface area contributed by atoms with E-state index >= 15 is 0 Å². The molecule has 0 unspecified atom stereocenters. The van der Waals surface area contributed by atoms with Crippen LogP contribution in [0.15, 0.2) is 33.4 Å². The fourth-order valence-corrected chi connectivity index (χ4v) is 0.580. The van der Waals surface area contributed by atoms with Gasteiger partial charge in [0.2, 0.25) is 0 Å². The molecule has 0 saturated heterocycles. The molecular formula is C6H6BrI. The van der Waals surface area contributed by atoms with E-state index in [1.807, 2.05) is 6.08 Å². The van der Waals surface area contributed by atoms with E-state index < -0.39 is 0 Å². The van der Waals surface area contributed by atoms with E-state index in [0.29, 0.717) is 0 Å². The second kappa shape index (κ2) is 4.32. The van der Waals surface area contributed by atoms with Crippen LogP contribution < -0.4 is 0 Å². The second-order valence-corrected chi connectivity index (χ2v) is 3.27. The number of halogens is 2. The predicted molar refractivity (Wildman–Crippen MR) is 50.4 cm³/mol. The van der Waals surface area contributed by atoms with Crippen molar-refractivity contribution in [2.45, 2.75) is 0 Å². The molecule has 0 aliphatic heterocycles. The van der Waals surface area contributed by atoms with Crippen molar-refractivity contribution >= 4 is 38.5 Å². The van der Waals surface area contributed by atoms with Crippen molar-refractivity contribution in [3.63, 3.8) is 0 Å². The molecule has 0 aromatic heterocycles. The summed E-state index contributed by atoms with van der Waals surface area (Å²) in [7, 11) is 0. The lowest BCUT2D eigenvalue weighted by Gasteiger charge is -1.88. The van der Waals surface area contributed by atoms with Gasteiger partial charge in [-0.15, -0.1) is 0 Å². The number of rotatable bonds is 2. The molecule has 0 aliphatic carbocycles. The molecule has 0 aliphatic rings. The molecule has 0 amide bonds. The van der Waals surface area contributed by atoms with Crippen molar-refractivity contribution in [3.05, 3.63) is 33.4 Å². The summed E-state index contributed by atoms with van der Waals surface area (Å²) in [5.41, 5.74) is 0. The number of allylic oxidation sites excluding steroid dienone is 4. The highest BCUT2D eigenvalue weighted by Gasteiger charge is 1.87. The van der Waals surface area contributed by atoms with E-state index in [2.05, 4.69) is 51.7 Å². The maximum Gasteiger partial charge on any atom is 0.0266 e. The molecule has 0 aromatic rings. The summed E-state index contributed by atoms with van der Waals surface area (Å²) >= 11 is 5.40. The molecule has 8 heavy (non-hydrogen) atoms. The standard InChI is InChI=1S/C6H6BrI/c1-3-4-6(8)5(2)7/h3-4H,1-2H2/b6-4+. The van der Waals surface area contributed by atoms with Crippen LogP contribution in [0.2, 0.25) is 0 Å². The Kier molecular flexibility index (Phi) is 4.56. The highest BCUT2D eigenvalue weighted by atomic mass is 127. The molecule has 0 bridgehead atoms. The zero-order chi connectivity index (χ0) is 6.57. The summed E-state index contributed by atoms with van der Waals surface area (Å²) in [6.07, 6.45) is 3.62. The van der Waals surface area contributed by atoms with Gasteiger partial charge in [-0.25, -0.2) is 0 Å². The lowest BCUT2D eigenvalue weighted by atomic mass is 10.5. The van der Waals surface area contributed by atoms with Gasteiger partial charge in [-0.3, -0.25) is 0 Å². The summed E-state index contributed by atoms with van der Waals surface area (Å²) < 4.78 is 1.98. The summed E-state index contributed by atoms with van der Waals surface area (Å²) in [5.74, 6) is 0. The van der Waals surface area contributed by atoms with Gasteiger partial charge in [0.25, 0.3) is 0 Å². The summed E-state index contributed by atoms with van der Waals surface area (Å²) in [4.78, 5) is 0. The molecule has 2 heteroatoms. The van der Waals surface area contributed by atoms with Gasteiger partial charge in [-0.05, 0) is 28.7 Å².